The molecule has 1 amide bonds. The second kappa shape index (κ2) is 7.81. The Bertz CT molecular complexity index is 925. The number of halogens is 1. The SMILES string of the molecule is CC.O=C1NCCOc2ccc(F)cc2CNc2ccn3ncc1c3n2. The Kier molecular flexibility index (Phi) is 5.31. The van der Waals surface area contributed by atoms with Gasteiger partial charge in [-0.1, -0.05) is 13.8 Å². The van der Waals surface area contributed by atoms with E-state index in [1.807, 2.05) is 13.8 Å². The molecule has 2 bridgehead atoms. The summed E-state index contributed by atoms with van der Waals surface area (Å²) in [5.41, 5.74) is 1.52. The van der Waals surface area contributed by atoms with Gasteiger partial charge in [-0.05, 0) is 24.3 Å². The maximum Gasteiger partial charge on any atom is 0.256 e. The normalized spacial score (nSPS) is 13.7. The van der Waals surface area contributed by atoms with Crippen LogP contribution in [0.15, 0.2) is 36.7 Å². The highest BCUT2D eigenvalue weighted by atomic mass is 19.1. The summed E-state index contributed by atoms with van der Waals surface area (Å²) in [6, 6.07) is 6.08. The third-order valence-corrected chi connectivity index (χ3v) is 3.74. The predicted octanol–water partition coefficient (Wildman–Crippen LogP) is 2.63. The Morgan fingerprint density at radius 3 is 2.92 bits per heavy atom. The molecule has 0 saturated heterocycles. The molecule has 3 aromatic rings. The van der Waals surface area contributed by atoms with E-state index in [1.165, 1.54) is 22.8 Å². The quantitative estimate of drug-likeness (QED) is 0.646. The number of nitrogens with one attached hydrogen (secondary N) is 2. The molecule has 4 rings (SSSR count). The standard InChI is InChI=1S/C16H14FN5O2.C2H6/c17-11-1-2-13-10(7-11)8-19-14-3-5-22-15(21-14)12(9-20-22)16(23)18-4-6-24-13;1-2/h1-3,5,7,9H,4,6,8H2,(H,18,23)(H,19,21);1-2H3. The lowest BCUT2D eigenvalue weighted by atomic mass is 10.2. The Balaban J connectivity index is 0.000000948. The average molecular weight is 357 g/mol. The Hall–Kier alpha value is -3.16. The number of nitrogens with zero attached hydrogens (tertiary/aromatic N) is 3. The first kappa shape index (κ1) is 17.7. The van der Waals surface area contributed by atoms with E-state index in [9.17, 15) is 9.18 Å². The minimum absolute atomic E-state index is 0.267. The van der Waals surface area contributed by atoms with Crippen molar-refractivity contribution in [3.05, 3.63) is 53.6 Å². The molecular weight excluding hydrogens is 337 g/mol. The van der Waals surface area contributed by atoms with Crippen LogP contribution in [0.4, 0.5) is 10.2 Å². The van der Waals surface area contributed by atoms with Gasteiger partial charge in [-0.15, -0.1) is 0 Å². The zero-order chi connectivity index (χ0) is 18.5. The zero-order valence-corrected chi connectivity index (χ0v) is 14.6. The third kappa shape index (κ3) is 3.58. The Morgan fingerprint density at radius 2 is 2.08 bits per heavy atom. The minimum Gasteiger partial charge on any atom is -0.491 e. The van der Waals surface area contributed by atoms with E-state index in [-0.39, 0.29) is 18.3 Å². The van der Waals surface area contributed by atoms with Crippen LogP contribution in [0.2, 0.25) is 0 Å². The van der Waals surface area contributed by atoms with Crippen LogP contribution < -0.4 is 15.4 Å². The van der Waals surface area contributed by atoms with Crippen molar-refractivity contribution in [2.45, 2.75) is 20.4 Å². The number of amides is 1. The summed E-state index contributed by atoms with van der Waals surface area (Å²) < 4.78 is 20.7. The van der Waals surface area contributed by atoms with Gasteiger partial charge >= 0.3 is 0 Å². The molecule has 0 unspecified atom stereocenters. The summed E-state index contributed by atoms with van der Waals surface area (Å²) >= 11 is 0. The number of ether oxygens (including phenoxy) is 1. The number of anilines is 1. The van der Waals surface area contributed by atoms with Crippen LogP contribution in [-0.4, -0.2) is 33.7 Å². The lowest BCUT2D eigenvalue weighted by molar-refractivity contribution is 0.0948. The first-order valence-corrected chi connectivity index (χ1v) is 8.48. The fourth-order valence-electron chi connectivity index (χ4n) is 2.56. The molecule has 2 aromatic heterocycles. The maximum atomic E-state index is 13.5. The monoisotopic (exact) mass is 357 g/mol. The first-order chi connectivity index (χ1) is 12.7. The predicted molar refractivity (Wildman–Crippen MR) is 95.9 cm³/mol. The Labute approximate surface area is 150 Å². The summed E-state index contributed by atoms with van der Waals surface area (Å²) in [5.74, 6) is 0.531. The van der Waals surface area contributed by atoms with Crippen molar-refractivity contribution < 1.29 is 13.9 Å². The molecule has 1 aromatic carbocycles. The van der Waals surface area contributed by atoms with Crippen molar-refractivity contribution in [3.63, 3.8) is 0 Å². The van der Waals surface area contributed by atoms with Gasteiger partial charge in [0.05, 0.1) is 12.7 Å². The smallest absolute Gasteiger partial charge is 0.256 e. The topological polar surface area (TPSA) is 80.5 Å². The molecule has 8 heteroatoms. The molecule has 2 N–H and O–H groups in total. The lowest BCUT2D eigenvalue weighted by Crippen LogP contribution is -2.28. The number of aromatic nitrogens is 3. The highest BCUT2D eigenvalue weighted by Gasteiger charge is 2.15. The first-order valence-electron chi connectivity index (χ1n) is 8.48. The van der Waals surface area contributed by atoms with Crippen LogP contribution >= 0.6 is 0 Å². The van der Waals surface area contributed by atoms with Gasteiger partial charge in [0.15, 0.2) is 5.65 Å². The van der Waals surface area contributed by atoms with Gasteiger partial charge in [0.1, 0.15) is 29.6 Å². The third-order valence-electron chi connectivity index (χ3n) is 3.74. The fourth-order valence-corrected chi connectivity index (χ4v) is 2.56. The molecule has 26 heavy (non-hydrogen) atoms. The number of carbonyl (C=O) groups is 1. The summed E-state index contributed by atoms with van der Waals surface area (Å²) in [5, 5.41) is 10.0. The van der Waals surface area contributed by atoms with Crippen LogP contribution in [0.5, 0.6) is 5.75 Å². The number of carbonyl (C=O) groups excluding carboxylic acids is 1. The molecule has 0 spiro atoms. The van der Waals surface area contributed by atoms with Crippen molar-refractivity contribution in [1.29, 1.82) is 0 Å². The zero-order valence-electron chi connectivity index (χ0n) is 14.6. The molecule has 0 fully saturated rings. The summed E-state index contributed by atoms with van der Waals surface area (Å²) in [6.07, 6.45) is 3.19. The molecule has 1 aliphatic rings. The van der Waals surface area contributed by atoms with E-state index in [0.29, 0.717) is 41.4 Å². The number of benzene rings is 1. The van der Waals surface area contributed by atoms with Crippen LogP contribution in [0.1, 0.15) is 29.8 Å². The lowest BCUT2D eigenvalue weighted by Gasteiger charge is -2.12. The molecular formula is C18H20FN5O2. The van der Waals surface area contributed by atoms with Crippen LogP contribution in [0, 0.1) is 5.82 Å². The van der Waals surface area contributed by atoms with Gasteiger partial charge in [0.25, 0.3) is 5.91 Å². The van der Waals surface area contributed by atoms with E-state index in [1.54, 1.807) is 18.3 Å². The summed E-state index contributed by atoms with van der Waals surface area (Å²) in [6.45, 7) is 4.95. The van der Waals surface area contributed by atoms with Crippen LogP contribution in [0.3, 0.4) is 0 Å². The highest BCUT2D eigenvalue weighted by molar-refractivity contribution is 5.99. The van der Waals surface area contributed by atoms with E-state index < -0.39 is 0 Å². The second-order valence-corrected chi connectivity index (χ2v) is 5.35. The van der Waals surface area contributed by atoms with Gasteiger partial charge in [-0.3, -0.25) is 4.79 Å². The number of rotatable bonds is 0. The number of hydrogen-bond donors (Lipinski definition) is 2. The largest absolute Gasteiger partial charge is 0.491 e. The summed E-state index contributed by atoms with van der Waals surface area (Å²) in [7, 11) is 0. The van der Waals surface area contributed by atoms with E-state index >= 15 is 0 Å². The molecule has 3 heterocycles. The van der Waals surface area contributed by atoms with Gasteiger partial charge in [-0.2, -0.15) is 5.10 Å². The highest BCUT2D eigenvalue weighted by Crippen LogP contribution is 2.21. The fraction of sp³-hybridized carbons (Fsp3) is 0.278. The molecule has 0 atom stereocenters. The molecule has 7 nitrogen and oxygen atoms in total. The minimum atomic E-state index is -0.335. The van der Waals surface area contributed by atoms with Crippen molar-refractivity contribution >= 4 is 17.4 Å². The van der Waals surface area contributed by atoms with Crippen molar-refractivity contribution in [1.82, 2.24) is 19.9 Å². The number of fused-ring (bicyclic) bond motifs is 2. The van der Waals surface area contributed by atoms with Gasteiger partial charge in [0, 0.05) is 18.3 Å². The van der Waals surface area contributed by atoms with Crippen molar-refractivity contribution in [3.8, 4) is 5.75 Å². The molecule has 0 radical (unpaired) electrons. The molecule has 0 saturated carbocycles. The van der Waals surface area contributed by atoms with Crippen molar-refractivity contribution in [2.75, 3.05) is 18.5 Å². The Morgan fingerprint density at radius 1 is 1.23 bits per heavy atom. The molecule has 1 aliphatic heterocycles. The van der Waals surface area contributed by atoms with E-state index in [2.05, 4.69) is 20.7 Å². The van der Waals surface area contributed by atoms with E-state index in [4.69, 9.17) is 4.74 Å². The maximum absolute atomic E-state index is 13.5. The molecule has 136 valence electrons. The van der Waals surface area contributed by atoms with Crippen LogP contribution in [-0.2, 0) is 6.54 Å². The van der Waals surface area contributed by atoms with Gasteiger partial charge < -0.3 is 15.4 Å². The van der Waals surface area contributed by atoms with Crippen molar-refractivity contribution in [2.24, 2.45) is 0 Å². The second-order valence-electron chi connectivity index (χ2n) is 5.35. The van der Waals surface area contributed by atoms with Gasteiger partial charge in [0.2, 0.25) is 0 Å². The number of hydrogen-bond acceptors (Lipinski definition) is 5. The van der Waals surface area contributed by atoms with Gasteiger partial charge in [-0.25, -0.2) is 13.9 Å². The summed E-state index contributed by atoms with van der Waals surface area (Å²) in [4.78, 5) is 16.7. The van der Waals surface area contributed by atoms with Crippen LogP contribution in [0.25, 0.3) is 5.65 Å². The molecule has 0 aliphatic carbocycles. The average Bonchev–Trinajstić information content (AvgIpc) is 3.09. The van der Waals surface area contributed by atoms with E-state index in [0.717, 1.165) is 0 Å².